The molecule has 1 aliphatic carbocycles. The fourth-order valence-corrected chi connectivity index (χ4v) is 8.85. The van der Waals surface area contributed by atoms with Gasteiger partial charge in [0.15, 0.2) is 6.20 Å². The Labute approximate surface area is 195 Å². The lowest BCUT2D eigenvalue weighted by atomic mass is 9.88. The Kier molecular flexibility index (Phi) is 5.78. The molecule has 1 saturated carbocycles. The van der Waals surface area contributed by atoms with Crippen LogP contribution in [-0.4, -0.2) is 8.07 Å². The Balaban J connectivity index is 1.58. The van der Waals surface area contributed by atoms with Crippen molar-refractivity contribution in [1.82, 2.24) is 0 Å². The third kappa shape index (κ3) is 4.07. The summed E-state index contributed by atoms with van der Waals surface area (Å²) in [5.74, 6) is 1.51. The van der Waals surface area contributed by atoms with Crippen LogP contribution in [0.5, 0.6) is 0 Å². The van der Waals surface area contributed by atoms with Crippen LogP contribution in [-0.2, 0) is 7.05 Å². The van der Waals surface area contributed by atoms with Crippen molar-refractivity contribution in [1.29, 1.82) is 0 Å². The monoisotopic (exact) mass is 442 g/mol. The standard InChI is InChI=1S/C30H40NSi/c1-21-18-27(23-8-6-7-9-23)20-29(22(21)2)30-28-11-10-25(19-26(28)12-15-31(30)3)24-13-16-32(4,5)17-14-24/h10-12,15,18-20,23-24H,6-9,13-14,16-17H2,1-5H3/q+1. The van der Waals surface area contributed by atoms with E-state index in [0.29, 0.717) is 0 Å². The fourth-order valence-electron chi connectivity index (χ4n) is 6.34. The summed E-state index contributed by atoms with van der Waals surface area (Å²) < 4.78 is 2.34. The highest BCUT2D eigenvalue weighted by Gasteiger charge is 2.30. The molecule has 1 saturated heterocycles. The highest BCUT2D eigenvalue weighted by Crippen LogP contribution is 2.41. The van der Waals surface area contributed by atoms with E-state index >= 15 is 0 Å². The molecule has 168 valence electrons. The van der Waals surface area contributed by atoms with Crippen LogP contribution < -0.4 is 4.57 Å². The molecular weight excluding hydrogens is 402 g/mol. The van der Waals surface area contributed by atoms with Gasteiger partial charge in [-0.1, -0.05) is 56.2 Å². The quantitative estimate of drug-likeness (QED) is 0.284. The number of fused-ring (bicyclic) bond motifs is 1. The van der Waals surface area contributed by atoms with Crippen molar-refractivity contribution in [3.63, 3.8) is 0 Å². The maximum Gasteiger partial charge on any atom is 0.220 e. The Morgan fingerprint density at radius 1 is 0.812 bits per heavy atom. The van der Waals surface area contributed by atoms with Gasteiger partial charge in [-0.2, -0.15) is 0 Å². The smallest absolute Gasteiger partial charge is 0.200 e. The van der Waals surface area contributed by atoms with Crippen molar-refractivity contribution in [2.45, 2.75) is 89.4 Å². The molecule has 2 heterocycles. The van der Waals surface area contributed by atoms with E-state index in [2.05, 4.69) is 81.2 Å². The molecule has 0 unspecified atom stereocenters. The summed E-state index contributed by atoms with van der Waals surface area (Å²) in [6.07, 6.45) is 10.5. The van der Waals surface area contributed by atoms with Gasteiger partial charge in [-0.15, -0.1) is 0 Å². The summed E-state index contributed by atoms with van der Waals surface area (Å²) in [6, 6.07) is 17.7. The number of benzene rings is 2. The van der Waals surface area contributed by atoms with Crippen LogP contribution in [0.1, 0.15) is 72.6 Å². The molecule has 2 fully saturated rings. The summed E-state index contributed by atoms with van der Waals surface area (Å²) in [4.78, 5) is 0. The van der Waals surface area contributed by atoms with E-state index in [0.717, 1.165) is 11.8 Å². The minimum Gasteiger partial charge on any atom is -0.200 e. The predicted molar refractivity (Wildman–Crippen MR) is 140 cm³/mol. The van der Waals surface area contributed by atoms with Gasteiger partial charge in [0.05, 0.1) is 10.9 Å². The molecule has 0 atom stereocenters. The largest absolute Gasteiger partial charge is 0.220 e. The lowest BCUT2D eigenvalue weighted by Gasteiger charge is -2.33. The second kappa shape index (κ2) is 8.45. The average molecular weight is 443 g/mol. The van der Waals surface area contributed by atoms with Crippen molar-refractivity contribution in [3.8, 4) is 11.3 Å². The predicted octanol–water partition coefficient (Wildman–Crippen LogP) is 8.19. The minimum absolute atomic E-state index is 0.749. The number of aromatic nitrogens is 1. The lowest BCUT2D eigenvalue weighted by Crippen LogP contribution is -2.31. The zero-order chi connectivity index (χ0) is 22.5. The van der Waals surface area contributed by atoms with E-state index in [1.165, 1.54) is 83.8 Å². The molecule has 5 rings (SSSR count). The number of aryl methyl sites for hydroxylation is 2. The molecular formula is C30H40NSi+. The molecule has 0 amide bonds. The van der Waals surface area contributed by atoms with Gasteiger partial charge in [0, 0.05) is 14.1 Å². The Bertz CT molecular complexity index is 1140. The third-order valence-corrected chi connectivity index (χ3v) is 12.0. The van der Waals surface area contributed by atoms with Crippen LogP contribution in [0.15, 0.2) is 42.6 Å². The number of rotatable bonds is 3. The van der Waals surface area contributed by atoms with Gasteiger partial charge in [-0.3, -0.25) is 0 Å². The number of hydrogen-bond donors (Lipinski definition) is 0. The first kappa shape index (κ1) is 21.9. The van der Waals surface area contributed by atoms with Gasteiger partial charge >= 0.3 is 0 Å². The SMILES string of the molecule is Cc1cc(C2CCCC2)cc(-c2c3ccc(C4CC[Si](C)(C)CC4)cc3cc[n+]2C)c1C. The molecule has 2 aromatic carbocycles. The molecule has 1 aliphatic heterocycles. The molecule has 0 bridgehead atoms. The zero-order valence-corrected chi connectivity index (χ0v) is 21.8. The van der Waals surface area contributed by atoms with Gasteiger partial charge in [-0.05, 0) is 91.1 Å². The Hall–Kier alpha value is -1.93. The van der Waals surface area contributed by atoms with Crippen LogP contribution in [0.2, 0.25) is 25.2 Å². The normalized spacial score (nSPS) is 19.7. The average Bonchev–Trinajstić information content (AvgIpc) is 3.31. The van der Waals surface area contributed by atoms with Crippen molar-refractivity contribution in [3.05, 3.63) is 64.8 Å². The Morgan fingerprint density at radius 2 is 1.50 bits per heavy atom. The van der Waals surface area contributed by atoms with Crippen LogP contribution in [0.3, 0.4) is 0 Å². The maximum atomic E-state index is 2.57. The molecule has 2 heteroatoms. The van der Waals surface area contributed by atoms with Crippen LogP contribution in [0.4, 0.5) is 0 Å². The van der Waals surface area contributed by atoms with E-state index in [1.54, 1.807) is 11.1 Å². The molecule has 1 nitrogen and oxygen atoms in total. The minimum atomic E-state index is -0.911. The number of hydrogen-bond acceptors (Lipinski definition) is 0. The van der Waals surface area contributed by atoms with Crippen LogP contribution in [0.25, 0.3) is 22.0 Å². The zero-order valence-electron chi connectivity index (χ0n) is 20.8. The van der Waals surface area contributed by atoms with E-state index in [-0.39, 0.29) is 0 Å². The molecule has 32 heavy (non-hydrogen) atoms. The third-order valence-electron chi connectivity index (χ3n) is 8.74. The second-order valence-electron chi connectivity index (χ2n) is 11.6. The maximum absolute atomic E-state index is 2.57. The highest BCUT2D eigenvalue weighted by atomic mass is 28.3. The van der Waals surface area contributed by atoms with Crippen molar-refractivity contribution in [2.24, 2.45) is 7.05 Å². The summed E-state index contributed by atoms with van der Waals surface area (Å²) >= 11 is 0. The van der Waals surface area contributed by atoms with Crippen LogP contribution >= 0.6 is 0 Å². The van der Waals surface area contributed by atoms with Crippen molar-refractivity contribution in [2.75, 3.05) is 0 Å². The van der Waals surface area contributed by atoms with Crippen molar-refractivity contribution < 1.29 is 4.57 Å². The van der Waals surface area contributed by atoms with Gasteiger partial charge in [-0.25, -0.2) is 4.57 Å². The molecule has 3 aromatic rings. The first-order valence-electron chi connectivity index (χ1n) is 12.9. The van der Waals surface area contributed by atoms with E-state index in [1.807, 2.05) is 0 Å². The Morgan fingerprint density at radius 3 is 2.22 bits per heavy atom. The van der Waals surface area contributed by atoms with Gasteiger partial charge < -0.3 is 0 Å². The number of pyridine rings is 1. The molecule has 0 N–H and O–H groups in total. The summed E-state index contributed by atoms with van der Waals surface area (Å²) in [6.45, 7) is 9.75. The lowest BCUT2D eigenvalue weighted by molar-refractivity contribution is -0.659. The first-order chi connectivity index (χ1) is 15.3. The summed E-state index contributed by atoms with van der Waals surface area (Å²) in [5, 5.41) is 2.80. The van der Waals surface area contributed by atoms with Crippen molar-refractivity contribution >= 4 is 18.8 Å². The first-order valence-corrected chi connectivity index (χ1v) is 16.3. The van der Waals surface area contributed by atoms with E-state index in [9.17, 15) is 0 Å². The van der Waals surface area contributed by atoms with E-state index < -0.39 is 8.07 Å². The van der Waals surface area contributed by atoms with Gasteiger partial charge in [0.2, 0.25) is 5.69 Å². The van der Waals surface area contributed by atoms with Crippen LogP contribution in [0, 0.1) is 13.8 Å². The van der Waals surface area contributed by atoms with E-state index in [4.69, 9.17) is 0 Å². The molecule has 2 aliphatic rings. The molecule has 0 spiro atoms. The van der Waals surface area contributed by atoms with Gasteiger partial charge in [0.1, 0.15) is 7.05 Å². The highest BCUT2D eigenvalue weighted by molar-refractivity contribution is 6.77. The van der Waals surface area contributed by atoms with Gasteiger partial charge in [0.25, 0.3) is 0 Å². The molecule has 1 aromatic heterocycles. The summed E-state index contributed by atoms with van der Waals surface area (Å²) in [7, 11) is 1.30. The number of nitrogens with zero attached hydrogens (tertiary/aromatic N) is 1. The second-order valence-corrected chi connectivity index (χ2v) is 16.9. The molecule has 0 radical (unpaired) electrons. The summed E-state index contributed by atoms with van der Waals surface area (Å²) in [5.41, 5.74) is 8.80. The topological polar surface area (TPSA) is 3.88 Å². The fraction of sp³-hybridized carbons (Fsp3) is 0.500.